The Bertz CT molecular complexity index is 784. The molecule has 3 rings (SSSR count). The van der Waals surface area contributed by atoms with Crippen molar-refractivity contribution in [2.24, 2.45) is 0 Å². The molecule has 2 saturated heterocycles. The van der Waals surface area contributed by atoms with E-state index < -0.39 is 10.0 Å². The summed E-state index contributed by atoms with van der Waals surface area (Å²) >= 11 is 0. The van der Waals surface area contributed by atoms with Crippen LogP contribution >= 0.6 is 0 Å². The van der Waals surface area contributed by atoms with Crippen molar-refractivity contribution in [3.8, 4) is 5.75 Å². The third kappa shape index (κ3) is 6.90. The van der Waals surface area contributed by atoms with Crippen LogP contribution in [0.2, 0.25) is 0 Å². The second kappa shape index (κ2) is 11.8. The third-order valence-electron chi connectivity index (χ3n) is 5.81. The number of carbonyl (C=O) groups is 1. The number of likely N-dealkylation sites (tertiary alicyclic amines) is 1. The van der Waals surface area contributed by atoms with Gasteiger partial charge in [-0.05, 0) is 44.0 Å². The highest BCUT2D eigenvalue weighted by molar-refractivity contribution is 7.89. The minimum Gasteiger partial charge on any atom is -0.491 e. The van der Waals surface area contributed by atoms with E-state index in [4.69, 9.17) is 9.47 Å². The number of sulfonamides is 1. The van der Waals surface area contributed by atoms with E-state index in [-0.39, 0.29) is 10.8 Å². The zero-order valence-corrected chi connectivity index (χ0v) is 19.3. The molecule has 2 aliphatic rings. The van der Waals surface area contributed by atoms with Crippen molar-refractivity contribution >= 4 is 15.9 Å². The number of rotatable bonds is 9. The van der Waals surface area contributed by atoms with E-state index in [2.05, 4.69) is 4.90 Å². The van der Waals surface area contributed by atoms with Gasteiger partial charge >= 0.3 is 0 Å². The molecule has 0 spiro atoms. The van der Waals surface area contributed by atoms with E-state index in [9.17, 15) is 13.2 Å². The fourth-order valence-corrected chi connectivity index (χ4v) is 5.38. The minimum atomic E-state index is -3.55. The Kier molecular flexibility index (Phi) is 9.13. The average Bonchev–Trinajstić information content (AvgIpc) is 3.07. The summed E-state index contributed by atoms with van der Waals surface area (Å²) in [6.45, 7) is 7.48. The van der Waals surface area contributed by atoms with Gasteiger partial charge in [0, 0.05) is 45.9 Å². The molecule has 2 fully saturated rings. The van der Waals surface area contributed by atoms with Crippen molar-refractivity contribution in [3.05, 3.63) is 24.3 Å². The molecule has 0 unspecified atom stereocenters. The third-order valence-corrected chi connectivity index (χ3v) is 7.72. The van der Waals surface area contributed by atoms with Gasteiger partial charge in [0.2, 0.25) is 15.9 Å². The molecule has 8 nitrogen and oxygen atoms in total. The maximum atomic E-state index is 13.0. The molecule has 174 valence electrons. The van der Waals surface area contributed by atoms with Gasteiger partial charge in [-0.25, -0.2) is 8.42 Å². The molecule has 9 heteroatoms. The van der Waals surface area contributed by atoms with Crippen molar-refractivity contribution in [1.29, 1.82) is 0 Å². The van der Waals surface area contributed by atoms with Crippen LogP contribution in [0.15, 0.2) is 29.2 Å². The van der Waals surface area contributed by atoms with Crippen molar-refractivity contribution in [3.63, 3.8) is 0 Å². The first-order chi connectivity index (χ1) is 15.0. The normalized spacial score (nSPS) is 19.2. The maximum Gasteiger partial charge on any atom is 0.243 e. The number of nitrogens with zero attached hydrogens (tertiary/aromatic N) is 3. The van der Waals surface area contributed by atoms with Gasteiger partial charge in [0.1, 0.15) is 12.4 Å². The number of hydrogen-bond acceptors (Lipinski definition) is 6. The standard InChI is InChI=1S/C22H35N3O5S/c1-2-29-17-18-30-20-7-9-21(10-8-20)31(27,28)25-15-13-23(14-16-25)19-22(26)24-11-5-3-4-6-12-24/h7-10H,2-6,11-19H2,1H3. The number of benzene rings is 1. The average molecular weight is 454 g/mol. The van der Waals surface area contributed by atoms with Crippen LogP contribution in [0, 0.1) is 0 Å². The monoisotopic (exact) mass is 453 g/mol. The van der Waals surface area contributed by atoms with Crippen LogP contribution in [0.4, 0.5) is 0 Å². The number of carbonyl (C=O) groups excluding carboxylic acids is 1. The molecule has 1 amide bonds. The van der Waals surface area contributed by atoms with Crippen LogP contribution in [0.25, 0.3) is 0 Å². The van der Waals surface area contributed by atoms with Gasteiger partial charge in [0.25, 0.3) is 0 Å². The van der Waals surface area contributed by atoms with E-state index in [0.29, 0.717) is 58.3 Å². The molecule has 1 aromatic rings. The van der Waals surface area contributed by atoms with Crippen molar-refractivity contribution < 1.29 is 22.7 Å². The number of ether oxygens (including phenoxy) is 2. The molecule has 2 heterocycles. The SMILES string of the molecule is CCOCCOc1ccc(S(=O)(=O)N2CCN(CC(=O)N3CCCCCC3)CC2)cc1. The lowest BCUT2D eigenvalue weighted by molar-refractivity contribution is -0.132. The van der Waals surface area contributed by atoms with Gasteiger partial charge in [-0.2, -0.15) is 4.31 Å². The Hall–Kier alpha value is -1.68. The van der Waals surface area contributed by atoms with Gasteiger partial charge in [-0.1, -0.05) is 12.8 Å². The summed E-state index contributed by atoms with van der Waals surface area (Å²) in [4.78, 5) is 16.9. The summed E-state index contributed by atoms with van der Waals surface area (Å²) in [6.07, 6.45) is 4.55. The number of piperazine rings is 1. The van der Waals surface area contributed by atoms with Gasteiger partial charge < -0.3 is 14.4 Å². The Labute approximate surface area is 186 Å². The lowest BCUT2D eigenvalue weighted by Gasteiger charge is -2.34. The van der Waals surface area contributed by atoms with Gasteiger partial charge in [-0.3, -0.25) is 9.69 Å². The summed E-state index contributed by atoms with van der Waals surface area (Å²) in [5, 5.41) is 0. The molecule has 0 N–H and O–H groups in total. The summed E-state index contributed by atoms with van der Waals surface area (Å²) < 4.78 is 38.3. The Balaban J connectivity index is 1.48. The predicted octanol–water partition coefficient (Wildman–Crippen LogP) is 1.81. The molecule has 0 atom stereocenters. The first-order valence-electron chi connectivity index (χ1n) is 11.3. The summed E-state index contributed by atoms with van der Waals surface area (Å²) in [7, 11) is -3.55. The smallest absolute Gasteiger partial charge is 0.243 e. The van der Waals surface area contributed by atoms with Gasteiger partial charge in [-0.15, -0.1) is 0 Å². The second-order valence-corrected chi connectivity index (χ2v) is 9.93. The topological polar surface area (TPSA) is 79.4 Å². The Morgan fingerprint density at radius 3 is 2.16 bits per heavy atom. The van der Waals surface area contributed by atoms with Crippen molar-refractivity contribution in [2.75, 3.05) is 65.6 Å². The minimum absolute atomic E-state index is 0.165. The summed E-state index contributed by atoms with van der Waals surface area (Å²) in [6, 6.07) is 6.52. The number of amides is 1. The van der Waals surface area contributed by atoms with E-state index >= 15 is 0 Å². The Morgan fingerprint density at radius 1 is 0.903 bits per heavy atom. The van der Waals surface area contributed by atoms with Crippen LogP contribution in [-0.4, -0.2) is 94.1 Å². The van der Waals surface area contributed by atoms with E-state index in [0.717, 1.165) is 25.9 Å². The molecular formula is C22H35N3O5S. The maximum absolute atomic E-state index is 13.0. The zero-order chi connectivity index (χ0) is 22.1. The molecule has 2 aliphatic heterocycles. The Morgan fingerprint density at radius 2 is 1.55 bits per heavy atom. The highest BCUT2D eigenvalue weighted by atomic mass is 32.2. The van der Waals surface area contributed by atoms with Gasteiger partial charge in [0.15, 0.2) is 0 Å². The van der Waals surface area contributed by atoms with Crippen LogP contribution in [0.3, 0.4) is 0 Å². The van der Waals surface area contributed by atoms with Crippen LogP contribution in [-0.2, 0) is 19.6 Å². The lowest BCUT2D eigenvalue weighted by atomic mass is 10.2. The first kappa shape index (κ1) is 24.0. The van der Waals surface area contributed by atoms with Crippen LogP contribution in [0.1, 0.15) is 32.6 Å². The lowest BCUT2D eigenvalue weighted by Crippen LogP contribution is -2.51. The molecule has 0 aliphatic carbocycles. The van der Waals surface area contributed by atoms with Crippen LogP contribution in [0.5, 0.6) is 5.75 Å². The number of hydrogen-bond donors (Lipinski definition) is 0. The quantitative estimate of drug-likeness (QED) is 0.531. The van der Waals surface area contributed by atoms with Crippen LogP contribution < -0.4 is 4.74 Å². The largest absolute Gasteiger partial charge is 0.491 e. The van der Waals surface area contributed by atoms with Gasteiger partial charge in [0.05, 0.1) is 18.0 Å². The summed E-state index contributed by atoms with van der Waals surface area (Å²) in [5.41, 5.74) is 0. The molecule has 1 aromatic carbocycles. The van der Waals surface area contributed by atoms with E-state index in [1.807, 2.05) is 11.8 Å². The van der Waals surface area contributed by atoms with Crippen molar-refractivity contribution in [2.45, 2.75) is 37.5 Å². The fourth-order valence-electron chi connectivity index (χ4n) is 3.96. The fraction of sp³-hybridized carbons (Fsp3) is 0.682. The van der Waals surface area contributed by atoms with Crippen molar-refractivity contribution in [1.82, 2.24) is 14.1 Å². The van der Waals surface area contributed by atoms with E-state index in [1.54, 1.807) is 24.3 Å². The highest BCUT2D eigenvalue weighted by Crippen LogP contribution is 2.21. The molecular weight excluding hydrogens is 418 g/mol. The molecule has 0 bridgehead atoms. The summed E-state index contributed by atoms with van der Waals surface area (Å²) in [5.74, 6) is 0.786. The molecule has 0 saturated carbocycles. The molecule has 31 heavy (non-hydrogen) atoms. The first-order valence-corrected chi connectivity index (χ1v) is 12.8. The molecule has 0 aromatic heterocycles. The second-order valence-electron chi connectivity index (χ2n) is 7.99. The predicted molar refractivity (Wildman–Crippen MR) is 119 cm³/mol. The molecule has 0 radical (unpaired) electrons. The van der Waals surface area contributed by atoms with E-state index in [1.165, 1.54) is 17.1 Å². The highest BCUT2D eigenvalue weighted by Gasteiger charge is 2.29. The zero-order valence-electron chi connectivity index (χ0n) is 18.5.